The van der Waals surface area contributed by atoms with E-state index in [0.29, 0.717) is 0 Å². The van der Waals surface area contributed by atoms with Crippen LogP contribution in [0, 0.1) is 0 Å². The maximum absolute atomic E-state index is 3.93. The summed E-state index contributed by atoms with van der Waals surface area (Å²) in [5, 5.41) is 7.85. The highest BCUT2D eigenvalue weighted by Gasteiger charge is 1.90. The lowest BCUT2D eigenvalue weighted by Crippen LogP contribution is -2.16. The van der Waals surface area contributed by atoms with Crippen molar-refractivity contribution in [3.8, 4) is 0 Å². The van der Waals surface area contributed by atoms with Gasteiger partial charge in [-0.05, 0) is 5.56 Å². The van der Waals surface area contributed by atoms with Crippen molar-refractivity contribution in [3.05, 3.63) is 48.3 Å². The topological polar surface area (TPSA) is 42.7 Å². The lowest BCUT2D eigenvalue weighted by Gasteiger charge is -2.03. The molecule has 1 aromatic heterocycles. The molecule has 0 spiro atoms. The summed E-state index contributed by atoms with van der Waals surface area (Å²) >= 11 is 0. The van der Waals surface area contributed by atoms with Crippen molar-refractivity contribution in [3.63, 3.8) is 0 Å². The highest BCUT2D eigenvalue weighted by molar-refractivity contribution is 5.85. The van der Waals surface area contributed by atoms with Crippen LogP contribution in [-0.2, 0) is 6.54 Å². The lowest BCUT2D eigenvalue weighted by atomic mass is 10.2. The molecule has 0 aliphatic heterocycles. The summed E-state index contributed by atoms with van der Waals surface area (Å²) in [5.74, 6) is 0. The maximum Gasteiger partial charge on any atom is 0.0714 e. The number of rotatable bonds is 3. The van der Waals surface area contributed by atoms with Gasteiger partial charge in [-0.15, -0.1) is 22.6 Å². The third-order valence-corrected chi connectivity index (χ3v) is 1.69. The summed E-state index contributed by atoms with van der Waals surface area (Å²) in [4.78, 5) is 1.45. The Bertz CT molecular complexity index is 346. The van der Waals surface area contributed by atoms with Crippen LogP contribution in [0.2, 0.25) is 0 Å². The fourth-order valence-corrected chi connectivity index (χ4v) is 1.06. The first kappa shape index (κ1) is 10.5. The second kappa shape index (κ2) is 5.24. The van der Waals surface area contributed by atoms with Gasteiger partial charge in [0.15, 0.2) is 0 Å². The average molecular weight is 211 g/mol. The molecule has 0 atom stereocenters. The molecule has 1 heterocycles. The van der Waals surface area contributed by atoms with Crippen LogP contribution in [0.3, 0.4) is 0 Å². The summed E-state index contributed by atoms with van der Waals surface area (Å²) in [7, 11) is 0. The van der Waals surface area contributed by atoms with Crippen LogP contribution in [0.25, 0.3) is 0 Å². The molecule has 0 fully saturated rings. The fraction of sp³-hybridized carbons (Fsp3) is 0.111. The molecule has 4 nitrogen and oxygen atoms in total. The van der Waals surface area contributed by atoms with Crippen molar-refractivity contribution in [2.75, 3.05) is 5.43 Å². The monoisotopic (exact) mass is 210 g/mol. The predicted octanol–water partition coefficient (Wildman–Crippen LogP) is 1.44. The van der Waals surface area contributed by atoms with E-state index in [1.165, 1.54) is 10.5 Å². The van der Waals surface area contributed by atoms with Gasteiger partial charge in [0.25, 0.3) is 0 Å². The number of nitrogens with one attached hydrogen (secondary N) is 1. The first-order valence-electron chi connectivity index (χ1n) is 4.09. The normalized spacial score (nSPS) is 9.14. The highest BCUT2D eigenvalue weighted by atomic mass is 35.5. The Hall–Kier alpha value is -1.55. The standard InChI is InChI=1S/C9H10N4.ClH/c1-2-4-9(5-3-1)8-12-13-10-6-7-11-13;/h1-7,12H,8H2;1H. The van der Waals surface area contributed by atoms with E-state index in [1.807, 2.05) is 18.2 Å². The summed E-state index contributed by atoms with van der Waals surface area (Å²) in [6.45, 7) is 0.732. The van der Waals surface area contributed by atoms with E-state index >= 15 is 0 Å². The zero-order valence-electron chi connectivity index (χ0n) is 7.50. The molecule has 1 aromatic carbocycles. The van der Waals surface area contributed by atoms with Gasteiger partial charge < -0.3 is 0 Å². The van der Waals surface area contributed by atoms with Crippen molar-refractivity contribution in [1.29, 1.82) is 0 Å². The molecule has 5 heteroatoms. The summed E-state index contributed by atoms with van der Waals surface area (Å²) < 4.78 is 0. The molecular formula is C9H11ClN4. The second-order valence-electron chi connectivity index (χ2n) is 2.64. The Kier molecular flexibility index (Phi) is 3.94. The van der Waals surface area contributed by atoms with Crippen LogP contribution < -0.4 is 5.43 Å². The van der Waals surface area contributed by atoms with Gasteiger partial charge in [-0.25, -0.2) is 0 Å². The van der Waals surface area contributed by atoms with Crippen molar-refractivity contribution >= 4 is 12.4 Å². The van der Waals surface area contributed by atoms with Gasteiger partial charge in [0.05, 0.1) is 18.9 Å². The van der Waals surface area contributed by atoms with Crippen molar-refractivity contribution in [2.45, 2.75) is 6.54 Å². The summed E-state index contributed by atoms with van der Waals surface area (Å²) in [6, 6.07) is 10.1. The van der Waals surface area contributed by atoms with Crippen molar-refractivity contribution < 1.29 is 0 Å². The van der Waals surface area contributed by atoms with Gasteiger partial charge >= 0.3 is 0 Å². The number of nitrogens with zero attached hydrogens (tertiary/aromatic N) is 3. The van der Waals surface area contributed by atoms with E-state index in [0.717, 1.165) is 6.54 Å². The average Bonchev–Trinajstić information content (AvgIpc) is 2.69. The van der Waals surface area contributed by atoms with Crippen LogP contribution in [-0.4, -0.2) is 15.1 Å². The van der Waals surface area contributed by atoms with Gasteiger partial charge in [0.1, 0.15) is 0 Å². The molecule has 0 radical (unpaired) electrons. The van der Waals surface area contributed by atoms with Gasteiger partial charge in [-0.2, -0.15) is 0 Å². The Balaban J connectivity index is 0.000000980. The molecular weight excluding hydrogens is 200 g/mol. The third-order valence-electron chi connectivity index (χ3n) is 1.69. The van der Waals surface area contributed by atoms with E-state index in [-0.39, 0.29) is 12.4 Å². The molecule has 14 heavy (non-hydrogen) atoms. The van der Waals surface area contributed by atoms with E-state index in [2.05, 4.69) is 27.8 Å². The minimum absolute atomic E-state index is 0. The molecule has 0 aliphatic rings. The van der Waals surface area contributed by atoms with E-state index < -0.39 is 0 Å². The number of hydrogen-bond acceptors (Lipinski definition) is 3. The van der Waals surface area contributed by atoms with Gasteiger partial charge in [-0.1, -0.05) is 35.2 Å². The highest BCUT2D eigenvalue weighted by Crippen LogP contribution is 1.97. The first-order valence-corrected chi connectivity index (χ1v) is 4.09. The molecule has 0 saturated carbocycles. The van der Waals surface area contributed by atoms with Crippen LogP contribution >= 0.6 is 12.4 Å². The molecule has 74 valence electrons. The Labute approximate surface area is 88.3 Å². The zero-order valence-corrected chi connectivity index (χ0v) is 8.31. The molecule has 2 rings (SSSR count). The second-order valence-corrected chi connectivity index (χ2v) is 2.64. The number of aromatic nitrogens is 3. The summed E-state index contributed by atoms with van der Waals surface area (Å²) in [5.41, 5.74) is 4.24. The SMILES string of the molecule is Cl.c1ccc(CNn2nccn2)cc1. The van der Waals surface area contributed by atoms with Gasteiger partial charge in [0, 0.05) is 0 Å². The van der Waals surface area contributed by atoms with Gasteiger partial charge in [-0.3, -0.25) is 5.43 Å². The van der Waals surface area contributed by atoms with Crippen molar-refractivity contribution in [2.24, 2.45) is 0 Å². The molecule has 0 bridgehead atoms. The van der Waals surface area contributed by atoms with Crippen LogP contribution in [0.15, 0.2) is 42.7 Å². The zero-order chi connectivity index (χ0) is 8.93. The smallest absolute Gasteiger partial charge is 0.0714 e. The predicted molar refractivity (Wildman–Crippen MR) is 56.8 cm³/mol. The minimum atomic E-state index is 0. The Morgan fingerprint density at radius 2 is 1.71 bits per heavy atom. The maximum atomic E-state index is 3.93. The number of halogens is 1. The molecule has 0 amide bonds. The minimum Gasteiger partial charge on any atom is -0.288 e. The first-order chi connectivity index (χ1) is 6.45. The third kappa shape index (κ3) is 2.74. The van der Waals surface area contributed by atoms with E-state index in [4.69, 9.17) is 0 Å². The van der Waals surface area contributed by atoms with E-state index in [1.54, 1.807) is 12.4 Å². The van der Waals surface area contributed by atoms with E-state index in [9.17, 15) is 0 Å². The number of hydrogen-bond donors (Lipinski definition) is 1. The largest absolute Gasteiger partial charge is 0.288 e. The number of benzene rings is 1. The molecule has 1 N–H and O–H groups in total. The van der Waals surface area contributed by atoms with Gasteiger partial charge in [0.2, 0.25) is 0 Å². The molecule has 0 aliphatic carbocycles. The Morgan fingerprint density at radius 1 is 1.07 bits per heavy atom. The van der Waals surface area contributed by atoms with Crippen LogP contribution in [0.4, 0.5) is 0 Å². The van der Waals surface area contributed by atoms with Crippen LogP contribution in [0.1, 0.15) is 5.56 Å². The molecule has 0 saturated heterocycles. The molecule has 2 aromatic rings. The molecule has 0 unspecified atom stereocenters. The quantitative estimate of drug-likeness (QED) is 0.834. The Morgan fingerprint density at radius 3 is 2.36 bits per heavy atom. The fourth-order valence-electron chi connectivity index (χ4n) is 1.06. The van der Waals surface area contributed by atoms with Crippen LogP contribution in [0.5, 0.6) is 0 Å². The summed E-state index contributed by atoms with van der Waals surface area (Å²) in [6.07, 6.45) is 3.27. The lowest BCUT2D eigenvalue weighted by molar-refractivity contribution is 0.635. The van der Waals surface area contributed by atoms with Crippen molar-refractivity contribution in [1.82, 2.24) is 15.1 Å².